The number of rotatable bonds is 21. The van der Waals surface area contributed by atoms with Gasteiger partial charge in [-0.15, -0.1) is 0 Å². The van der Waals surface area contributed by atoms with Crippen molar-refractivity contribution in [3.8, 4) is 22.9 Å². The molecule has 0 aliphatic carbocycles. The molecule has 21 nitrogen and oxygen atoms in total. The third-order valence-electron chi connectivity index (χ3n) is 10.9. The smallest absolute Gasteiger partial charge is 0.407 e. The summed E-state index contributed by atoms with van der Waals surface area (Å²) in [4.78, 5) is 66.2. The molecular formula is C48H59N13O8. The molecule has 0 atom stereocenters. The Morgan fingerprint density at radius 3 is 2.13 bits per heavy atom. The summed E-state index contributed by atoms with van der Waals surface area (Å²) in [5.74, 6) is -0.413. The molecule has 0 aliphatic rings. The number of ether oxygens (including phenoxy) is 4. The van der Waals surface area contributed by atoms with Crippen molar-refractivity contribution >= 4 is 62.7 Å². The molecule has 21 heteroatoms. The van der Waals surface area contributed by atoms with Crippen LogP contribution >= 0.6 is 0 Å². The van der Waals surface area contributed by atoms with Gasteiger partial charge in [-0.05, 0) is 85.2 Å². The lowest BCUT2D eigenvalue weighted by molar-refractivity contribution is 0.0525. The van der Waals surface area contributed by atoms with Crippen LogP contribution in [-0.2, 0) is 35.7 Å². The van der Waals surface area contributed by atoms with Gasteiger partial charge in [-0.2, -0.15) is 10.2 Å². The van der Waals surface area contributed by atoms with Crippen LogP contribution < -0.4 is 31.6 Å². The highest BCUT2D eigenvalue weighted by molar-refractivity contribution is 6.12. The van der Waals surface area contributed by atoms with Crippen LogP contribution in [0.1, 0.15) is 90.1 Å². The van der Waals surface area contributed by atoms with Gasteiger partial charge < -0.3 is 44.9 Å². The number of carbonyl (C=O) groups excluding carboxylic acids is 4. The van der Waals surface area contributed by atoms with Crippen molar-refractivity contribution in [1.29, 1.82) is 0 Å². The summed E-state index contributed by atoms with van der Waals surface area (Å²) in [6.07, 6.45) is 7.91. The summed E-state index contributed by atoms with van der Waals surface area (Å²) in [6, 6.07) is 8.12. The number of aromatic nitrogens is 9. The van der Waals surface area contributed by atoms with Crippen molar-refractivity contribution in [3.05, 3.63) is 83.1 Å². The van der Waals surface area contributed by atoms with Crippen molar-refractivity contribution < 1.29 is 38.1 Å². The first-order valence-corrected chi connectivity index (χ1v) is 22.7. The maximum atomic E-state index is 13.9. The maximum absolute atomic E-state index is 13.9. The van der Waals surface area contributed by atoms with Crippen molar-refractivity contribution in [2.45, 2.75) is 93.1 Å². The number of hydrogen-bond donors (Lipinski definition) is 4. The molecule has 0 bridgehead atoms. The Hall–Kier alpha value is -7.81. The van der Waals surface area contributed by atoms with Crippen LogP contribution in [0.4, 0.5) is 10.7 Å². The molecule has 5 aromatic heterocycles. The number of nitrogens with two attached hydrogens (primary N) is 2. The summed E-state index contributed by atoms with van der Waals surface area (Å²) in [7, 11) is 1.62. The first-order chi connectivity index (χ1) is 33.0. The molecule has 0 unspecified atom stereocenters. The number of hydrogen-bond acceptors (Lipinski definition) is 13. The van der Waals surface area contributed by atoms with Crippen LogP contribution in [0.15, 0.2) is 54.9 Å². The van der Waals surface area contributed by atoms with Crippen LogP contribution in [0, 0.1) is 13.8 Å². The Morgan fingerprint density at radius 1 is 0.797 bits per heavy atom. The van der Waals surface area contributed by atoms with E-state index in [1.165, 1.54) is 6.07 Å². The molecular weight excluding hydrogens is 887 g/mol. The number of methoxy groups -OCH3 is 1. The largest absolute Gasteiger partial charge is 0.491 e. The standard InChI is InChI=1S/C48H59N13O8/c1-9-58-27-34(29(4)57-58)43-52-26-33-32-22-30(41(49)62)24-37(68-20-14-18-66-8)39(32)59(44(33)54-43)16-11-12-17-60-40-35(53-46(60)55-45(64)36-21-28(3)56-61(36)10-2)23-31(42(50)63)25-38(40)67-19-13-15-51-47(65)69-48(5,6)7/h11-12,21-27H,9-10,13-20H2,1-8H3,(H2,49,62)(H2,50,63)(H,51,65)(H,53,55,64)/b12-11+. The summed E-state index contributed by atoms with van der Waals surface area (Å²) in [5, 5.41) is 16.1. The molecule has 4 amide bonds. The van der Waals surface area contributed by atoms with E-state index < -0.39 is 29.4 Å². The summed E-state index contributed by atoms with van der Waals surface area (Å²) in [5.41, 5.74) is 16.0. The second-order valence-corrected chi connectivity index (χ2v) is 17.3. The molecule has 6 N–H and O–H groups in total. The number of amides is 4. The fraction of sp³-hybridized carbons (Fsp3) is 0.396. The minimum atomic E-state index is -0.701. The number of carbonyl (C=O) groups is 4. The van der Waals surface area contributed by atoms with Gasteiger partial charge in [-0.25, -0.2) is 19.7 Å². The number of nitrogens with zero attached hydrogens (tertiary/aromatic N) is 9. The molecule has 0 aliphatic heterocycles. The number of aryl methyl sites for hydroxylation is 4. The van der Waals surface area contributed by atoms with Gasteiger partial charge in [0.2, 0.25) is 17.8 Å². The lowest BCUT2D eigenvalue weighted by Crippen LogP contribution is -2.33. The zero-order chi connectivity index (χ0) is 49.6. The molecule has 7 aromatic rings. The molecule has 69 heavy (non-hydrogen) atoms. The van der Waals surface area contributed by atoms with Gasteiger partial charge >= 0.3 is 6.09 Å². The maximum Gasteiger partial charge on any atom is 0.407 e. The second-order valence-electron chi connectivity index (χ2n) is 17.3. The molecule has 0 saturated carbocycles. The van der Waals surface area contributed by atoms with Crippen molar-refractivity contribution in [1.82, 2.24) is 49.0 Å². The number of benzene rings is 2. The minimum Gasteiger partial charge on any atom is -0.491 e. The fourth-order valence-corrected chi connectivity index (χ4v) is 7.82. The monoisotopic (exact) mass is 945 g/mol. The molecule has 0 radical (unpaired) electrons. The van der Waals surface area contributed by atoms with Crippen LogP contribution in [0.25, 0.3) is 44.4 Å². The summed E-state index contributed by atoms with van der Waals surface area (Å²) in [6.45, 7) is 15.6. The average Bonchev–Trinajstić information content (AvgIpc) is 4.06. The third kappa shape index (κ3) is 11.2. The molecule has 0 spiro atoms. The fourth-order valence-electron chi connectivity index (χ4n) is 7.82. The van der Waals surface area contributed by atoms with Gasteiger partial charge in [-0.1, -0.05) is 12.2 Å². The first kappa shape index (κ1) is 49.1. The first-order valence-electron chi connectivity index (χ1n) is 22.7. The summed E-state index contributed by atoms with van der Waals surface area (Å²) < 4.78 is 30.4. The van der Waals surface area contributed by atoms with Crippen LogP contribution in [0.5, 0.6) is 11.5 Å². The Bertz CT molecular complexity index is 3080. The lowest BCUT2D eigenvalue weighted by Gasteiger charge is -2.19. The Labute approximate surface area is 398 Å². The van der Waals surface area contributed by atoms with E-state index in [1.807, 2.05) is 48.4 Å². The number of alkyl carbamates (subject to hydrolysis) is 1. The van der Waals surface area contributed by atoms with Crippen molar-refractivity contribution in [2.75, 3.05) is 38.8 Å². The predicted molar refractivity (Wildman–Crippen MR) is 260 cm³/mol. The van der Waals surface area contributed by atoms with E-state index in [0.29, 0.717) is 95.1 Å². The highest BCUT2D eigenvalue weighted by Crippen LogP contribution is 2.37. The van der Waals surface area contributed by atoms with E-state index in [4.69, 9.17) is 45.4 Å². The second kappa shape index (κ2) is 21.0. The highest BCUT2D eigenvalue weighted by atomic mass is 16.6. The summed E-state index contributed by atoms with van der Waals surface area (Å²) >= 11 is 0. The molecule has 5 heterocycles. The number of nitrogens with one attached hydrogen (secondary N) is 2. The van der Waals surface area contributed by atoms with Crippen molar-refractivity contribution in [2.24, 2.45) is 11.5 Å². The SMILES string of the molecule is CCn1cc(-c2ncc3c4cc(C(N)=O)cc(OCCCOC)c4n(C/C=C/Cn4c(NC(=O)c5cc(C)nn5CC)nc5cc(C(N)=O)cc(OCCCNC(=O)OC(C)(C)C)c54)c3n2)c(C)n1. The zero-order valence-electron chi connectivity index (χ0n) is 40.2. The number of allylic oxidation sites excluding steroid dienone is 2. The van der Waals surface area contributed by atoms with Crippen LogP contribution in [-0.4, -0.2) is 107 Å². The van der Waals surface area contributed by atoms with E-state index in [1.54, 1.807) is 74.5 Å². The van der Waals surface area contributed by atoms with Gasteiger partial charge in [-0.3, -0.25) is 29.1 Å². The van der Waals surface area contributed by atoms with Gasteiger partial charge in [0.05, 0.1) is 41.2 Å². The number of primary amides is 2. The molecule has 0 saturated heterocycles. The molecule has 0 fully saturated rings. The molecule has 7 rings (SSSR count). The number of anilines is 1. The van der Waals surface area contributed by atoms with Gasteiger partial charge in [0.25, 0.3) is 5.91 Å². The predicted octanol–water partition coefficient (Wildman–Crippen LogP) is 6.07. The van der Waals surface area contributed by atoms with E-state index >= 15 is 0 Å². The molecule has 2 aromatic carbocycles. The van der Waals surface area contributed by atoms with Crippen LogP contribution in [0.2, 0.25) is 0 Å². The van der Waals surface area contributed by atoms with E-state index in [9.17, 15) is 19.2 Å². The quantitative estimate of drug-likeness (QED) is 0.0472. The van der Waals surface area contributed by atoms with Crippen molar-refractivity contribution in [3.63, 3.8) is 0 Å². The number of fused-ring (bicyclic) bond motifs is 4. The normalized spacial score (nSPS) is 11.8. The minimum absolute atomic E-state index is 0.133. The Kier molecular flexibility index (Phi) is 15.0. The van der Waals surface area contributed by atoms with Gasteiger partial charge in [0, 0.05) is 87.2 Å². The zero-order valence-corrected chi connectivity index (χ0v) is 40.2. The van der Waals surface area contributed by atoms with Gasteiger partial charge in [0.1, 0.15) is 34.0 Å². The van der Waals surface area contributed by atoms with Crippen LogP contribution in [0.3, 0.4) is 0 Å². The number of imidazole rings is 1. The van der Waals surface area contributed by atoms with Gasteiger partial charge in [0.15, 0.2) is 5.82 Å². The molecule has 364 valence electrons. The van der Waals surface area contributed by atoms with E-state index in [0.717, 1.165) is 11.3 Å². The third-order valence-corrected chi connectivity index (χ3v) is 10.9. The highest BCUT2D eigenvalue weighted by Gasteiger charge is 2.24. The van der Waals surface area contributed by atoms with E-state index in [2.05, 4.69) is 20.8 Å². The Balaban J connectivity index is 1.30. The topological polar surface area (TPSA) is 265 Å². The van der Waals surface area contributed by atoms with E-state index in [-0.39, 0.29) is 49.1 Å². The lowest BCUT2D eigenvalue weighted by atomic mass is 10.1. The average molecular weight is 946 g/mol. The Morgan fingerprint density at radius 2 is 1.48 bits per heavy atom.